The lowest BCUT2D eigenvalue weighted by molar-refractivity contribution is -0.118. The quantitative estimate of drug-likeness (QED) is 0.922. The number of aryl methyl sites for hydroxylation is 3. The molecule has 5 heteroatoms. The average Bonchev–Trinajstić information content (AvgIpc) is 3.06. The van der Waals surface area contributed by atoms with Gasteiger partial charge in [0.2, 0.25) is 0 Å². The molecule has 4 nitrogen and oxygen atoms in total. The van der Waals surface area contributed by atoms with Crippen molar-refractivity contribution in [3.8, 4) is 5.75 Å². The van der Waals surface area contributed by atoms with Crippen molar-refractivity contribution in [2.45, 2.75) is 32.6 Å². The molecule has 0 fully saturated rings. The Kier molecular flexibility index (Phi) is 4.20. The SMILES string of the molecule is CCc1cccc(OCC(=O)Nc2nc3c(s2)CCC3)c1. The largest absolute Gasteiger partial charge is 0.484 e. The van der Waals surface area contributed by atoms with E-state index in [-0.39, 0.29) is 12.5 Å². The molecule has 1 aliphatic carbocycles. The van der Waals surface area contributed by atoms with Crippen LogP contribution in [-0.4, -0.2) is 17.5 Å². The first-order chi connectivity index (χ1) is 10.2. The third-order valence-electron chi connectivity index (χ3n) is 3.52. The summed E-state index contributed by atoms with van der Waals surface area (Å²) in [7, 11) is 0. The summed E-state index contributed by atoms with van der Waals surface area (Å²) in [5, 5.41) is 3.50. The van der Waals surface area contributed by atoms with E-state index in [9.17, 15) is 4.79 Å². The maximum absolute atomic E-state index is 11.9. The fraction of sp³-hybridized carbons (Fsp3) is 0.375. The molecule has 0 aliphatic heterocycles. The Morgan fingerprint density at radius 2 is 2.33 bits per heavy atom. The molecule has 0 atom stereocenters. The van der Waals surface area contributed by atoms with E-state index in [0.717, 1.165) is 30.7 Å². The van der Waals surface area contributed by atoms with E-state index in [2.05, 4.69) is 17.2 Å². The lowest BCUT2D eigenvalue weighted by Gasteiger charge is -2.07. The molecule has 3 rings (SSSR count). The molecule has 0 saturated heterocycles. The van der Waals surface area contributed by atoms with Gasteiger partial charge in [-0.05, 0) is 43.4 Å². The summed E-state index contributed by atoms with van der Waals surface area (Å²) >= 11 is 1.58. The first-order valence-electron chi connectivity index (χ1n) is 7.25. The Bertz CT molecular complexity index is 630. The van der Waals surface area contributed by atoms with Crippen LogP contribution in [-0.2, 0) is 24.1 Å². The number of rotatable bonds is 5. The number of fused-ring (bicyclic) bond motifs is 1. The van der Waals surface area contributed by atoms with Gasteiger partial charge >= 0.3 is 0 Å². The molecule has 0 unspecified atom stereocenters. The molecule has 0 spiro atoms. The molecule has 1 aliphatic rings. The van der Waals surface area contributed by atoms with Gasteiger partial charge in [0.15, 0.2) is 11.7 Å². The average molecular weight is 302 g/mol. The standard InChI is InChI=1S/C16H18N2O2S/c1-2-11-5-3-6-12(9-11)20-10-15(19)18-16-17-13-7-4-8-14(13)21-16/h3,5-6,9H,2,4,7-8,10H2,1H3,(H,17,18,19). The van der Waals surface area contributed by atoms with Crippen molar-refractivity contribution in [1.82, 2.24) is 4.98 Å². The normalized spacial score (nSPS) is 13.0. The predicted octanol–water partition coefficient (Wildman–Crippen LogP) is 3.21. The number of anilines is 1. The Balaban J connectivity index is 1.53. The van der Waals surface area contributed by atoms with Crippen LogP contribution in [0.25, 0.3) is 0 Å². The zero-order valence-electron chi connectivity index (χ0n) is 12.0. The third-order valence-corrected chi connectivity index (χ3v) is 4.59. The number of amides is 1. The minimum atomic E-state index is -0.163. The van der Waals surface area contributed by atoms with Crippen molar-refractivity contribution in [3.05, 3.63) is 40.4 Å². The highest BCUT2D eigenvalue weighted by Crippen LogP contribution is 2.30. The fourth-order valence-electron chi connectivity index (χ4n) is 2.40. The molecule has 21 heavy (non-hydrogen) atoms. The summed E-state index contributed by atoms with van der Waals surface area (Å²) in [6.07, 6.45) is 4.25. The highest BCUT2D eigenvalue weighted by atomic mass is 32.1. The molecule has 1 amide bonds. The fourth-order valence-corrected chi connectivity index (χ4v) is 3.47. The number of carbonyl (C=O) groups is 1. The van der Waals surface area contributed by atoms with Crippen molar-refractivity contribution in [2.75, 3.05) is 11.9 Å². The first-order valence-corrected chi connectivity index (χ1v) is 8.06. The van der Waals surface area contributed by atoms with E-state index in [1.54, 1.807) is 11.3 Å². The predicted molar refractivity (Wildman–Crippen MR) is 84.1 cm³/mol. The van der Waals surface area contributed by atoms with Crippen molar-refractivity contribution in [1.29, 1.82) is 0 Å². The molecular weight excluding hydrogens is 284 g/mol. The van der Waals surface area contributed by atoms with E-state index < -0.39 is 0 Å². The van der Waals surface area contributed by atoms with Crippen LogP contribution in [0.5, 0.6) is 5.75 Å². The van der Waals surface area contributed by atoms with Gasteiger partial charge in [0.1, 0.15) is 5.75 Å². The summed E-state index contributed by atoms with van der Waals surface area (Å²) in [5.74, 6) is 0.565. The van der Waals surface area contributed by atoms with Gasteiger partial charge in [-0.2, -0.15) is 0 Å². The summed E-state index contributed by atoms with van der Waals surface area (Å²) < 4.78 is 5.52. The lowest BCUT2D eigenvalue weighted by Crippen LogP contribution is -2.20. The van der Waals surface area contributed by atoms with Crippen molar-refractivity contribution < 1.29 is 9.53 Å². The molecule has 1 aromatic heterocycles. The summed E-state index contributed by atoms with van der Waals surface area (Å²) in [4.78, 5) is 17.6. The van der Waals surface area contributed by atoms with Crippen LogP contribution in [0.15, 0.2) is 24.3 Å². The minimum absolute atomic E-state index is 0.0113. The van der Waals surface area contributed by atoms with Crippen molar-refractivity contribution >= 4 is 22.4 Å². The van der Waals surface area contributed by atoms with Gasteiger partial charge < -0.3 is 4.74 Å². The zero-order valence-corrected chi connectivity index (χ0v) is 12.8. The van der Waals surface area contributed by atoms with Gasteiger partial charge in [-0.3, -0.25) is 10.1 Å². The van der Waals surface area contributed by atoms with E-state index >= 15 is 0 Å². The Morgan fingerprint density at radius 3 is 3.14 bits per heavy atom. The number of benzene rings is 1. The van der Waals surface area contributed by atoms with E-state index in [0.29, 0.717) is 5.13 Å². The maximum atomic E-state index is 11.9. The summed E-state index contributed by atoms with van der Waals surface area (Å²) in [6, 6.07) is 7.82. The second-order valence-electron chi connectivity index (χ2n) is 5.08. The van der Waals surface area contributed by atoms with Crippen molar-refractivity contribution in [2.24, 2.45) is 0 Å². The van der Waals surface area contributed by atoms with Crippen LogP contribution < -0.4 is 10.1 Å². The van der Waals surface area contributed by atoms with Gasteiger partial charge in [-0.15, -0.1) is 11.3 Å². The number of nitrogens with one attached hydrogen (secondary N) is 1. The van der Waals surface area contributed by atoms with Crippen LogP contribution in [0.1, 0.15) is 29.5 Å². The summed E-state index contributed by atoms with van der Waals surface area (Å²) in [6.45, 7) is 2.10. The minimum Gasteiger partial charge on any atom is -0.484 e. The third kappa shape index (κ3) is 3.42. The Labute approximate surface area is 128 Å². The Hall–Kier alpha value is -1.88. The highest BCUT2D eigenvalue weighted by molar-refractivity contribution is 7.15. The molecule has 110 valence electrons. The second kappa shape index (κ2) is 6.26. The number of aromatic nitrogens is 1. The van der Waals surface area contributed by atoms with Gasteiger partial charge in [0.05, 0.1) is 5.69 Å². The number of carbonyl (C=O) groups excluding carboxylic acids is 1. The van der Waals surface area contributed by atoms with Crippen LogP contribution >= 0.6 is 11.3 Å². The van der Waals surface area contributed by atoms with E-state index in [1.807, 2.05) is 24.3 Å². The molecule has 1 aromatic carbocycles. The monoisotopic (exact) mass is 302 g/mol. The van der Waals surface area contributed by atoms with Gasteiger partial charge in [-0.25, -0.2) is 4.98 Å². The molecule has 1 N–H and O–H groups in total. The number of hydrogen-bond donors (Lipinski definition) is 1. The van der Waals surface area contributed by atoms with Crippen molar-refractivity contribution in [3.63, 3.8) is 0 Å². The van der Waals surface area contributed by atoms with E-state index in [4.69, 9.17) is 4.74 Å². The molecule has 0 radical (unpaired) electrons. The maximum Gasteiger partial charge on any atom is 0.264 e. The lowest BCUT2D eigenvalue weighted by atomic mass is 10.2. The van der Waals surface area contributed by atoms with Crippen LogP contribution in [0.2, 0.25) is 0 Å². The number of hydrogen-bond acceptors (Lipinski definition) is 4. The topological polar surface area (TPSA) is 51.2 Å². The zero-order chi connectivity index (χ0) is 14.7. The Morgan fingerprint density at radius 1 is 1.43 bits per heavy atom. The van der Waals surface area contributed by atoms with Crippen LogP contribution in [0, 0.1) is 0 Å². The van der Waals surface area contributed by atoms with Gasteiger partial charge in [0, 0.05) is 4.88 Å². The molecular formula is C16H18N2O2S. The van der Waals surface area contributed by atoms with Gasteiger partial charge in [-0.1, -0.05) is 19.1 Å². The summed E-state index contributed by atoms with van der Waals surface area (Å²) in [5.41, 5.74) is 2.34. The highest BCUT2D eigenvalue weighted by Gasteiger charge is 2.17. The number of thiazole rings is 1. The number of ether oxygens (including phenoxy) is 1. The molecule has 2 aromatic rings. The van der Waals surface area contributed by atoms with E-state index in [1.165, 1.54) is 16.9 Å². The number of nitrogens with zero attached hydrogens (tertiary/aromatic N) is 1. The second-order valence-corrected chi connectivity index (χ2v) is 6.16. The smallest absolute Gasteiger partial charge is 0.264 e. The molecule has 0 saturated carbocycles. The van der Waals surface area contributed by atoms with Crippen LogP contribution in [0.4, 0.5) is 5.13 Å². The molecule has 0 bridgehead atoms. The van der Waals surface area contributed by atoms with Gasteiger partial charge in [0.25, 0.3) is 5.91 Å². The van der Waals surface area contributed by atoms with Crippen LogP contribution in [0.3, 0.4) is 0 Å². The first kappa shape index (κ1) is 14.1. The molecule has 1 heterocycles.